The van der Waals surface area contributed by atoms with Crippen LogP contribution < -0.4 is 14.4 Å². The molecule has 30 heavy (non-hydrogen) atoms. The van der Waals surface area contributed by atoms with Crippen molar-refractivity contribution < 1.29 is 28.7 Å². The normalized spacial score (nSPS) is 12.9. The molecule has 1 heterocycles. The quantitative estimate of drug-likeness (QED) is 0.484. The summed E-state index contributed by atoms with van der Waals surface area (Å²) in [7, 11) is 5.20. The summed E-state index contributed by atoms with van der Waals surface area (Å²) < 4.78 is 15.9. The van der Waals surface area contributed by atoms with Gasteiger partial charge in [0, 0.05) is 11.3 Å². The number of benzene rings is 1. The van der Waals surface area contributed by atoms with Gasteiger partial charge in [0.2, 0.25) is 5.78 Å². The van der Waals surface area contributed by atoms with Crippen LogP contribution in [0.3, 0.4) is 0 Å². The number of quaternary nitrogens is 1. The van der Waals surface area contributed by atoms with Crippen LogP contribution in [0.4, 0.5) is 0 Å². The van der Waals surface area contributed by atoms with Crippen molar-refractivity contribution in [2.75, 3.05) is 27.9 Å². The summed E-state index contributed by atoms with van der Waals surface area (Å²) in [6.07, 6.45) is 0. The van der Waals surface area contributed by atoms with Crippen LogP contribution in [0, 0.1) is 20.8 Å². The highest BCUT2D eigenvalue weighted by Crippen LogP contribution is 2.30. The van der Waals surface area contributed by atoms with E-state index < -0.39 is 5.97 Å². The fraction of sp³-hybridized carbons (Fsp3) is 0.478. The average molecular weight is 418 g/mol. The zero-order chi connectivity index (χ0) is 22.6. The number of hydrogen-bond donors (Lipinski definition) is 2. The van der Waals surface area contributed by atoms with Crippen molar-refractivity contribution in [2.24, 2.45) is 0 Å². The molecule has 1 unspecified atom stereocenters. The van der Waals surface area contributed by atoms with Gasteiger partial charge >= 0.3 is 5.97 Å². The molecule has 1 aromatic heterocycles. The molecule has 7 nitrogen and oxygen atoms in total. The van der Waals surface area contributed by atoms with Crippen LogP contribution in [0.1, 0.15) is 57.1 Å². The van der Waals surface area contributed by atoms with Crippen LogP contribution in [0.25, 0.3) is 0 Å². The van der Waals surface area contributed by atoms with Crippen molar-refractivity contribution in [1.82, 2.24) is 4.98 Å². The number of methoxy groups -OCH3 is 2. The van der Waals surface area contributed by atoms with E-state index in [0.717, 1.165) is 16.0 Å². The highest BCUT2D eigenvalue weighted by atomic mass is 16.5. The third-order valence-corrected chi connectivity index (χ3v) is 5.61. The first-order valence-corrected chi connectivity index (χ1v) is 10.1. The zero-order valence-electron chi connectivity index (χ0n) is 19.2. The number of carbonyl (C=O) groups is 2. The molecule has 0 aliphatic carbocycles. The fourth-order valence-corrected chi connectivity index (χ4v) is 3.61. The van der Waals surface area contributed by atoms with E-state index in [1.807, 2.05) is 33.0 Å². The Morgan fingerprint density at radius 3 is 2.27 bits per heavy atom. The van der Waals surface area contributed by atoms with Crippen LogP contribution in [-0.2, 0) is 11.3 Å². The molecule has 2 rings (SSSR count). The Morgan fingerprint density at radius 2 is 1.70 bits per heavy atom. The Balaban J connectivity index is 2.25. The molecule has 2 aromatic rings. The third-order valence-electron chi connectivity index (χ3n) is 5.61. The topological polar surface area (TPSA) is 82.1 Å². The fourth-order valence-electron chi connectivity index (χ4n) is 3.61. The van der Waals surface area contributed by atoms with E-state index in [4.69, 9.17) is 14.2 Å². The molecule has 0 amide bonds. The molecule has 164 valence electrons. The number of likely N-dealkylation sites (N-methyl/N-ethyl adjacent to an activating group) is 1. The molecule has 0 aliphatic rings. The summed E-state index contributed by atoms with van der Waals surface area (Å²) in [5.74, 6) is 0.906. The second kappa shape index (κ2) is 9.80. The van der Waals surface area contributed by atoms with E-state index in [1.54, 1.807) is 35.0 Å². The number of hydrogen-bond acceptors (Lipinski definition) is 5. The van der Waals surface area contributed by atoms with Gasteiger partial charge in [-0.2, -0.15) is 0 Å². The average Bonchev–Trinajstić information content (AvgIpc) is 3.01. The first-order chi connectivity index (χ1) is 14.2. The number of ketones is 1. The minimum Gasteiger partial charge on any atom is -0.493 e. The number of esters is 1. The predicted octanol–water partition coefficient (Wildman–Crippen LogP) is 2.42. The van der Waals surface area contributed by atoms with Gasteiger partial charge in [-0.05, 0) is 57.9 Å². The number of rotatable bonds is 9. The molecule has 0 fully saturated rings. The number of Topliss-reactive ketones (excluding diaryl/α,β-unsaturated/α-hetero) is 1. The molecule has 7 heteroatoms. The Labute approximate surface area is 178 Å². The van der Waals surface area contributed by atoms with Crippen LogP contribution in [0.2, 0.25) is 0 Å². The Kier molecular flexibility index (Phi) is 7.67. The first kappa shape index (κ1) is 23.5. The second-order valence-corrected chi connectivity index (χ2v) is 7.59. The molecule has 0 bridgehead atoms. The van der Waals surface area contributed by atoms with Gasteiger partial charge in [0.1, 0.15) is 6.54 Å². The van der Waals surface area contributed by atoms with Crippen molar-refractivity contribution in [1.29, 1.82) is 0 Å². The lowest BCUT2D eigenvalue weighted by Crippen LogP contribution is -3.12. The van der Waals surface area contributed by atoms with Gasteiger partial charge in [-0.1, -0.05) is 0 Å². The maximum atomic E-state index is 13.2. The summed E-state index contributed by atoms with van der Waals surface area (Å²) in [5.41, 5.74) is 4.35. The summed E-state index contributed by atoms with van der Waals surface area (Å²) in [5, 5.41) is 0. The maximum absolute atomic E-state index is 13.2. The van der Waals surface area contributed by atoms with Crippen LogP contribution in [0.5, 0.6) is 11.5 Å². The van der Waals surface area contributed by atoms with E-state index >= 15 is 0 Å². The minimum atomic E-state index is -0.405. The van der Waals surface area contributed by atoms with E-state index in [9.17, 15) is 9.59 Å². The highest BCUT2D eigenvalue weighted by molar-refractivity contribution is 6.03. The first-order valence-electron chi connectivity index (χ1n) is 10.1. The standard InChI is InChI=1S/C23H32N2O5/c1-9-30-23(27)20-14(3)21(24-15(20)4)22(26)16(5)25(6)12-17-11-19(29-8)18(28-7)10-13(17)2/h10-11,16,24H,9,12H2,1-8H3/p+1/t16-/m0/s1. The van der Waals surface area contributed by atoms with Crippen molar-refractivity contribution in [3.63, 3.8) is 0 Å². The predicted molar refractivity (Wildman–Crippen MR) is 115 cm³/mol. The van der Waals surface area contributed by atoms with Gasteiger partial charge in [0.25, 0.3) is 0 Å². The van der Waals surface area contributed by atoms with Gasteiger partial charge < -0.3 is 24.1 Å². The van der Waals surface area contributed by atoms with Gasteiger partial charge in [0.15, 0.2) is 17.5 Å². The lowest BCUT2D eigenvalue weighted by molar-refractivity contribution is -0.907. The molecule has 0 radical (unpaired) electrons. The number of H-pyrrole nitrogens is 1. The minimum absolute atomic E-state index is 0.0400. The van der Waals surface area contributed by atoms with E-state index in [0.29, 0.717) is 47.2 Å². The van der Waals surface area contributed by atoms with Crippen LogP contribution >= 0.6 is 0 Å². The number of aryl methyl sites for hydroxylation is 2. The number of ether oxygens (including phenoxy) is 3. The number of aromatic amines is 1. The summed E-state index contributed by atoms with van der Waals surface area (Å²) in [4.78, 5) is 29.6. The number of carbonyl (C=O) groups excluding carboxylic acids is 2. The zero-order valence-corrected chi connectivity index (χ0v) is 19.2. The second-order valence-electron chi connectivity index (χ2n) is 7.59. The van der Waals surface area contributed by atoms with Gasteiger partial charge in [0.05, 0.1) is 39.1 Å². The van der Waals surface area contributed by atoms with Crippen LogP contribution in [-0.4, -0.2) is 50.7 Å². The molecule has 0 saturated heterocycles. The molecule has 1 aromatic carbocycles. The smallest absolute Gasteiger partial charge is 0.340 e. The van der Waals surface area contributed by atoms with Gasteiger partial charge in [-0.25, -0.2) is 4.79 Å². The monoisotopic (exact) mass is 417 g/mol. The third kappa shape index (κ3) is 4.67. The molecule has 0 aliphatic heterocycles. The molecular weight excluding hydrogens is 384 g/mol. The van der Waals surface area contributed by atoms with E-state index in [1.165, 1.54) is 0 Å². The Hall–Kier alpha value is -2.80. The summed E-state index contributed by atoms with van der Waals surface area (Å²) in [6.45, 7) is 10.2. The van der Waals surface area contributed by atoms with Gasteiger partial charge in [-0.3, -0.25) is 4.79 Å². The molecule has 0 spiro atoms. The van der Waals surface area contributed by atoms with Crippen molar-refractivity contribution in [2.45, 2.75) is 47.2 Å². The van der Waals surface area contributed by atoms with Crippen molar-refractivity contribution in [3.8, 4) is 11.5 Å². The highest BCUT2D eigenvalue weighted by Gasteiger charge is 2.30. The summed E-state index contributed by atoms with van der Waals surface area (Å²) in [6, 6.07) is 3.58. The van der Waals surface area contributed by atoms with Gasteiger partial charge in [-0.15, -0.1) is 0 Å². The maximum Gasteiger partial charge on any atom is 0.340 e. The molecule has 0 saturated carbocycles. The SMILES string of the molecule is CCOC(=O)c1c(C)[nH]c(C(=O)[C@H](C)[NH+](C)Cc2cc(OC)c(OC)cc2C)c1C. The van der Waals surface area contributed by atoms with Crippen LogP contribution in [0.15, 0.2) is 12.1 Å². The molecular formula is C23H33N2O5+. The molecule has 2 atom stereocenters. The Bertz CT molecular complexity index is 932. The van der Waals surface area contributed by atoms with Crippen molar-refractivity contribution in [3.05, 3.63) is 45.8 Å². The van der Waals surface area contributed by atoms with E-state index in [-0.39, 0.29) is 11.8 Å². The lowest BCUT2D eigenvalue weighted by atomic mass is 10.0. The number of aromatic nitrogens is 1. The molecule has 2 N–H and O–H groups in total. The van der Waals surface area contributed by atoms with E-state index in [2.05, 4.69) is 4.98 Å². The van der Waals surface area contributed by atoms with Crippen molar-refractivity contribution >= 4 is 11.8 Å². The lowest BCUT2D eigenvalue weighted by Gasteiger charge is -2.22. The largest absolute Gasteiger partial charge is 0.493 e. The summed E-state index contributed by atoms with van der Waals surface area (Å²) >= 11 is 0. The number of nitrogens with one attached hydrogen (secondary N) is 2. The Morgan fingerprint density at radius 1 is 1.10 bits per heavy atom.